The highest BCUT2D eigenvalue weighted by atomic mass is 35.5. The molecule has 21 heavy (non-hydrogen) atoms. The summed E-state index contributed by atoms with van der Waals surface area (Å²) in [5.41, 5.74) is 0.837. The first-order valence-corrected chi connectivity index (χ1v) is 7.76. The molecule has 108 valence electrons. The average Bonchev–Trinajstić information content (AvgIpc) is 2.94. The Kier molecular flexibility index (Phi) is 4.22. The Morgan fingerprint density at radius 3 is 2.95 bits per heavy atom. The van der Waals surface area contributed by atoms with E-state index in [-0.39, 0.29) is 12.0 Å². The lowest BCUT2D eigenvalue weighted by atomic mass is 10.1. The second kappa shape index (κ2) is 6.28. The molecule has 0 N–H and O–H groups in total. The molecule has 0 aliphatic carbocycles. The van der Waals surface area contributed by atoms with Gasteiger partial charge in [0.15, 0.2) is 0 Å². The number of halogens is 1. The number of nitrogens with zero attached hydrogens (tertiary/aromatic N) is 2. The third-order valence-electron chi connectivity index (χ3n) is 3.15. The minimum absolute atomic E-state index is 0.0334. The van der Waals surface area contributed by atoms with E-state index in [9.17, 15) is 4.79 Å². The maximum atomic E-state index is 12.0. The van der Waals surface area contributed by atoms with Crippen LogP contribution >= 0.6 is 22.9 Å². The van der Waals surface area contributed by atoms with Crippen LogP contribution in [0.5, 0.6) is 5.19 Å². The summed E-state index contributed by atoms with van der Waals surface area (Å²) < 4.78 is 5.62. The number of carbonyl (C=O) groups excluding carboxylic acids is 1. The van der Waals surface area contributed by atoms with Crippen molar-refractivity contribution < 1.29 is 9.53 Å². The van der Waals surface area contributed by atoms with Crippen LogP contribution in [0, 0.1) is 0 Å². The molecule has 1 aromatic carbocycles. The Bertz CT molecular complexity index is 651. The molecule has 1 aliphatic heterocycles. The van der Waals surface area contributed by atoms with Crippen molar-refractivity contribution >= 4 is 34.9 Å². The maximum absolute atomic E-state index is 12.0. The molecule has 3 rings (SSSR count). The van der Waals surface area contributed by atoms with Crippen molar-refractivity contribution in [1.82, 2.24) is 9.88 Å². The van der Waals surface area contributed by atoms with Crippen molar-refractivity contribution in [1.29, 1.82) is 0 Å². The molecule has 1 aliphatic rings. The summed E-state index contributed by atoms with van der Waals surface area (Å²) in [6, 6.07) is 7.42. The summed E-state index contributed by atoms with van der Waals surface area (Å²) in [6.45, 7) is 1.18. The van der Waals surface area contributed by atoms with Crippen LogP contribution in [0.25, 0.3) is 6.08 Å². The molecule has 2 aromatic rings. The molecule has 6 heteroatoms. The molecule has 0 unspecified atom stereocenters. The first-order valence-electron chi connectivity index (χ1n) is 6.50. The fraction of sp³-hybridized carbons (Fsp3) is 0.200. The predicted molar refractivity (Wildman–Crippen MR) is 83.6 cm³/mol. The molecule has 2 heterocycles. The van der Waals surface area contributed by atoms with Gasteiger partial charge in [-0.1, -0.05) is 41.1 Å². The van der Waals surface area contributed by atoms with Crippen LogP contribution in [-0.2, 0) is 4.79 Å². The van der Waals surface area contributed by atoms with Gasteiger partial charge >= 0.3 is 0 Å². The Morgan fingerprint density at radius 2 is 2.24 bits per heavy atom. The molecule has 0 spiro atoms. The van der Waals surface area contributed by atoms with Gasteiger partial charge in [0.05, 0.1) is 13.1 Å². The van der Waals surface area contributed by atoms with Gasteiger partial charge in [-0.25, -0.2) is 4.98 Å². The van der Waals surface area contributed by atoms with Gasteiger partial charge in [-0.05, 0) is 17.7 Å². The standard InChI is InChI=1S/C15H13ClN2O2S/c16-13-4-2-1-3-11(13)5-6-14(19)18-9-12(10-18)20-15-17-7-8-21-15/h1-8,12H,9-10H2/b6-5+. The maximum Gasteiger partial charge on any atom is 0.273 e. The topological polar surface area (TPSA) is 42.4 Å². The number of aromatic nitrogens is 1. The summed E-state index contributed by atoms with van der Waals surface area (Å²) in [6.07, 6.45) is 5.02. The Morgan fingerprint density at radius 1 is 1.43 bits per heavy atom. The molecular weight excluding hydrogens is 308 g/mol. The molecule has 1 saturated heterocycles. The highest BCUT2D eigenvalue weighted by molar-refractivity contribution is 7.11. The van der Waals surface area contributed by atoms with Gasteiger partial charge in [0.2, 0.25) is 5.91 Å². The molecule has 0 bridgehead atoms. The van der Waals surface area contributed by atoms with Gasteiger partial charge in [-0.3, -0.25) is 4.79 Å². The van der Waals surface area contributed by atoms with Crippen molar-refractivity contribution in [2.75, 3.05) is 13.1 Å². The Balaban J connectivity index is 1.50. The minimum Gasteiger partial charge on any atom is -0.463 e. The zero-order chi connectivity index (χ0) is 14.7. The molecule has 1 amide bonds. The monoisotopic (exact) mass is 320 g/mol. The van der Waals surface area contributed by atoms with E-state index in [1.54, 1.807) is 29.3 Å². The highest BCUT2D eigenvalue weighted by Crippen LogP contribution is 2.21. The van der Waals surface area contributed by atoms with Crippen LogP contribution < -0.4 is 4.74 Å². The van der Waals surface area contributed by atoms with Crippen molar-refractivity contribution in [3.63, 3.8) is 0 Å². The van der Waals surface area contributed by atoms with Crippen LogP contribution in [0.1, 0.15) is 5.56 Å². The zero-order valence-electron chi connectivity index (χ0n) is 11.1. The lowest BCUT2D eigenvalue weighted by Crippen LogP contribution is -2.55. The molecule has 0 atom stereocenters. The van der Waals surface area contributed by atoms with Gasteiger partial charge in [0.1, 0.15) is 6.10 Å². The van der Waals surface area contributed by atoms with Gasteiger partial charge < -0.3 is 9.64 Å². The molecule has 1 aromatic heterocycles. The van der Waals surface area contributed by atoms with E-state index in [1.165, 1.54) is 11.3 Å². The number of likely N-dealkylation sites (tertiary alicyclic amines) is 1. The number of thiazole rings is 1. The molecular formula is C15H13ClN2O2S. The van der Waals surface area contributed by atoms with Gasteiger partial charge in [-0.15, -0.1) is 0 Å². The molecule has 4 nitrogen and oxygen atoms in total. The lowest BCUT2D eigenvalue weighted by molar-refractivity contribution is -0.134. The normalized spacial score (nSPS) is 15.2. The summed E-state index contributed by atoms with van der Waals surface area (Å²) in [5, 5.41) is 3.15. The molecule has 0 saturated carbocycles. The van der Waals surface area contributed by atoms with Crippen LogP contribution in [0.3, 0.4) is 0 Å². The van der Waals surface area contributed by atoms with Crippen molar-refractivity contribution in [2.24, 2.45) is 0 Å². The summed E-state index contributed by atoms with van der Waals surface area (Å²) in [4.78, 5) is 17.8. The predicted octanol–water partition coefficient (Wildman–Crippen LogP) is 3.10. The van der Waals surface area contributed by atoms with E-state index in [2.05, 4.69) is 4.98 Å². The summed E-state index contributed by atoms with van der Waals surface area (Å²) in [7, 11) is 0. The van der Waals surface area contributed by atoms with Crippen molar-refractivity contribution in [2.45, 2.75) is 6.10 Å². The number of hydrogen-bond donors (Lipinski definition) is 0. The van der Waals surface area contributed by atoms with E-state index in [4.69, 9.17) is 16.3 Å². The van der Waals surface area contributed by atoms with Gasteiger partial charge in [-0.2, -0.15) is 0 Å². The summed E-state index contributed by atoms with van der Waals surface area (Å²) >= 11 is 7.49. The van der Waals surface area contributed by atoms with Crippen LogP contribution in [-0.4, -0.2) is 35.0 Å². The number of benzene rings is 1. The first kappa shape index (κ1) is 14.1. The van der Waals surface area contributed by atoms with Crippen LogP contribution in [0.2, 0.25) is 5.02 Å². The number of ether oxygens (including phenoxy) is 1. The second-order valence-electron chi connectivity index (χ2n) is 4.64. The Labute approximate surface area is 131 Å². The van der Waals surface area contributed by atoms with E-state index < -0.39 is 0 Å². The molecule has 0 radical (unpaired) electrons. The Hall–Kier alpha value is -1.85. The lowest BCUT2D eigenvalue weighted by Gasteiger charge is -2.37. The highest BCUT2D eigenvalue weighted by Gasteiger charge is 2.31. The van der Waals surface area contributed by atoms with E-state index in [0.717, 1.165) is 5.56 Å². The third-order valence-corrected chi connectivity index (χ3v) is 4.15. The van der Waals surface area contributed by atoms with E-state index >= 15 is 0 Å². The quantitative estimate of drug-likeness (QED) is 0.813. The fourth-order valence-corrected chi connectivity index (χ4v) is 2.73. The van der Waals surface area contributed by atoms with Gasteiger partial charge in [0, 0.05) is 22.7 Å². The number of rotatable bonds is 4. The number of carbonyl (C=O) groups is 1. The van der Waals surface area contributed by atoms with E-state index in [0.29, 0.717) is 23.3 Å². The van der Waals surface area contributed by atoms with Crippen LogP contribution in [0.4, 0.5) is 0 Å². The number of amides is 1. The van der Waals surface area contributed by atoms with Gasteiger partial charge in [0.25, 0.3) is 5.19 Å². The van der Waals surface area contributed by atoms with Crippen LogP contribution in [0.15, 0.2) is 41.9 Å². The smallest absolute Gasteiger partial charge is 0.273 e. The summed E-state index contributed by atoms with van der Waals surface area (Å²) in [5.74, 6) is -0.0334. The third kappa shape index (κ3) is 3.43. The fourth-order valence-electron chi connectivity index (χ4n) is 1.98. The SMILES string of the molecule is O=C(/C=C/c1ccccc1Cl)N1CC(Oc2nccs2)C1. The zero-order valence-corrected chi connectivity index (χ0v) is 12.7. The minimum atomic E-state index is -0.0334. The largest absolute Gasteiger partial charge is 0.463 e. The van der Waals surface area contributed by atoms with Crippen molar-refractivity contribution in [3.05, 3.63) is 52.5 Å². The first-order chi connectivity index (χ1) is 10.2. The second-order valence-corrected chi connectivity index (χ2v) is 5.90. The molecule has 1 fully saturated rings. The number of hydrogen-bond acceptors (Lipinski definition) is 4. The average molecular weight is 321 g/mol. The van der Waals surface area contributed by atoms with Crippen molar-refractivity contribution in [3.8, 4) is 5.19 Å². The van der Waals surface area contributed by atoms with E-state index in [1.807, 2.05) is 23.6 Å².